The average Bonchev–Trinajstić information content (AvgIpc) is 2.38. The SMILES string of the molecule is COc1ccc(C(N)C2CNCCN2C)cc1Cl. The highest BCUT2D eigenvalue weighted by Crippen LogP contribution is 2.28. The zero-order valence-corrected chi connectivity index (χ0v) is 11.6. The van der Waals surface area contributed by atoms with Gasteiger partial charge in [0.1, 0.15) is 5.75 Å². The molecule has 1 aliphatic rings. The van der Waals surface area contributed by atoms with Crippen LogP contribution in [0.15, 0.2) is 18.2 Å². The highest BCUT2D eigenvalue weighted by atomic mass is 35.5. The molecule has 1 saturated heterocycles. The lowest BCUT2D eigenvalue weighted by atomic mass is 9.97. The molecule has 0 aromatic heterocycles. The molecule has 0 bridgehead atoms. The molecule has 1 aromatic carbocycles. The average molecular weight is 270 g/mol. The molecule has 0 spiro atoms. The Balaban J connectivity index is 2.17. The van der Waals surface area contributed by atoms with E-state index in [4.69, 9.17) is 22.1 Å². The summed E-state index contributed by atoms with van der Waals surface area (Å²) >= 11 is 6.14. The van der Waals surface area contributed by atoms with Crippen LogP contribution in [-0.4, -0.2) is 44.7 Å². The second-order valence-electron chi connectivity index (χ2n) is 4.67. The topological polar surface area (TPSA) is 50.5 Å². The molecule has 2 rings (SSSR count). The fraction of sp³-hybridized carbons (Fsp3) is 0.538. The van der Waals surface area contributed by atoms with Gasteiger partial charge in [0, 0.05) is 31.7 Å². The van der Waals surface area contributed by atoms with E-state index in [0.717, 1.165) is 25.2 Å². The minimum atomic E-state index is -0.0498. The zero-order chi connectivity index (χ0) is 13.1. The van der Waals surface area contributed by atoms with Crippen molar-refractivity contribution in [1.29, 1.82) is 0 Å². The highest BCUT2D eigenvalue weighted by molar-refractivity contribution is 6.32. The molecule has 2 unspecified atom stereocenters. The van der Waals surface area contributed by atoms with Crippen molar-refractivity contribution in [3.8, 4) is 5.75 Å². The molecule has 1 aromatic rings. The first-order valence-corrected chi connectivity index (χ1v) is 6.51. The number of ether oxygens (including phenoxy) is 1. The molecule has 4 nitrogen and oxygen atoms in total. The second kappa shape index (κ2) is 5.89. The predicted octanol–water partition coefficient (Wildman–Crippen LogP) is 1.25. The minimum Gasteiger partial charge on any atom is -0.495 e. The van der Waals surface area contributed by atoms with Gasteiger partial charge in [-0.2, -0.15) is 0 Å². The molecule has 0 saturated carbocycles. The van der Waals surface area contributed by atoms with Crippen LogP contribution in [0.4, 0.5) is 0 Å². The monoisotopic (exact) mass is 269 g/mol. The van der Waals surface area contributed by atoms with Gasteiger partial charge >= 0.3 is 0 Å². The van der Waals surface area contributed by atoms with E-state index in [1.807, 2.05) is 18.2 Å². The Hall–Kier alpha value is -0.810. The quantitative estimate of drug-likeness (QED) is 0.867. The highest BCUT2D eigenvalue weighted by Gasteiger charge is 2.26. The van der Waals surface area contributed by atoms with E-state index < -0.39 is 0 Å². The van der Waals surface area contributed by atoms with Crippen molar-refractivity contribution in [3.63, 3.8) is 0 Å². The first kappa shape index (κ1) is 13.6. The molecule has 1 aliphatic heterocycles. The number of piperazine rings is 1. The van der Waals surface area contributed by atoms with Gasteiger partial charge in [0.25, 0.3) is 0 Å². The first-order chi connectivity index (χ1) is 8.63. The summed E-state index contributed by atoms with van der Waals surface area (Å²) in [6.45, 7) is 2.94. The Bertz CT molecular complexity index is 413. The molecule has 0 radical (unpaired) electrons. The van der Waals surface area contributed by atoms with Gasteiger partial charge < -0.3 is 15.8 Å². The summed E-state index contributed by atoms with van der Waals surface area (Å²) < 4.78 is 5.15. The number of nitrogens with zero attached hydrogens (tertiary/aromatic N) is 1. The summed E-state index contributed by atoms with van der Waals surface area (Å²) in [5, 5.41) is 3.98. The Morgan fingerprint density at radius 3 is 2.94 bits per heavy atom. The number of hydrogen-bond donors (Lipinski definition) is 2. The first-order valence-electron chi connectivity index (χ1n) is 6.13. The molecule has 2 atom stereocenters. The smallest absolute Gasteiger partial charge is 0.137 e. The number of benzene rings is 1. The van der Waals surface area contributed by atoms with E-state index in [1.54, 1.807) is 7.11 Å². The summed E-state index contributed by atoms with van der Waals surface area (Å²) in [6.07, 6.45) is 0. The molecular weight excluding hydrogens is 250 g/mol. The van der Waals surface area contributed by atoms with E-state index in [2.05, 4.69) is 17.3 Å². The van der Waals surface area contributed by atoms with E-state index in [9.17, 15) is 0 Å². The molecule has 1 heterocycles. The fourth-order valence-corrected chi connectivity index (χ4v) is 2.61. The predicted molar refractivity (Wildman–Crippen MR) is 74.2 cm³/mol. The van der Waals surface area contributed by atoms with Crippen molar-refractivity contribution in [2.75, 3.05) is 33.8 Å². The minimum absolute atomic E-state index is 0.0498. The van der Waals surface area contributed by atoms with Crippen molar-refractivity contribution >= 4 is 11.6 Å². The van der Waals surface area contributed by atoms with Crippen LogP contribution in [0, 0.1) is 0 Å². The molecule has 5 heteroatoms. The van der Waals surface area contributed by atoms with Crippen LogP contribution in [0.2, 0.25) is 5.02 Å². The number of methoxy groups -OCH3 is 1. The normalized spacial score (nSPS) is 22.8. The number of hydrogen-bond acceptors (Lipinski definition) is 4. The molecule has 3 N–H and O–H groups in total. The van der Waals surface area contributed by atoms with E-state index in [-0.39, 0.29) is 6.04 Å². The van der Waals surface area contributed by atoms with Gasteiger partial charge in [0.05, 0.1) is 12.1 Å². The lowest BCUT2D eigenvalue weighted by Crippen LogP contribution is -2.53. The maximum Gasteiger partial charge on any atom is 0.137 e. The summed E-state index contributed by atoms with van der Waals surface area (Å²) in [6, 6.07) is 5.99. The van der Waals surface area contributed by atoms with Crippen LogP contribution in [0.5, 0.6) is 5.75 Å². The van der Waals surface area contributed by atoms with Crippen molar-refractivity contribution in [3.05, 3.63) is 28.8 Å². The van der Waals surface area contributed by atoms with Crippen LogP contribution in [-0.2, 0) is 0 Å². The number of nitrogens with one attached hydrogen (secondary N) is 1. The third-order valence-corrected chi connectivity index (χ3v) is 3.83. The molecule has 0 aliphatic carbocycles. The summed E-state index contributed by atoms with van der Waals surface area (Å²) in [5.41, 5.74) is 7.38. The van der Waals surface area contributed by atoms with Gasteiger partial charge in [-0.15, -0.1) is 0 Å². The van der Waals surface area contributed by atoms with Gasteiger partial charge in [0.15, 0.2) is 0 Å². The molecule has 0 amide bonds. The zero-order valence-electron chi connectivity index (χ0n) is 10.8. The Morgan fingerprint density at radius 2 is 2.33 bits per heavy atom. The van der Waals surface area contributed by atoms with Crippen LogP contribution in [0.1, 0.15) is 11.6 Å². The van der Waals surface area contributed by atoms with Crippen LogP contribution >= 0.6 is 11.6 Å². The Labute approximate surface area is 113 Å². The van der Waals surface area contributed by atoms with Crippen LogP contribution in [0.3, 0.4) is 0 Å². The van der Waals surface area contributed by atoms with Crippen LogP contribution in [0.25, 0.3) is 0 Å². The Morgan fingerprint density at radius 1 is 1.56 bits per heavy atom. The summed E-state index contributed by atoms with van der Waals surface area (Å²) in [7, 11) is 3.72. The third kappa shape index (κ3) is 2.78. The lowest BCUT2D eigenvalue weighted by molar-refractivity contribution is 0.174. The third-order valence-electron chi connectivity index (χ3n) is 3.54. The van der Waals surface area contributed by atoms with E-state index in [0.29, 0.717) is 16.8 Å². The van der Waals surface area contributed by atoms with Gasteiger partial charge in [0.2, 0.25) is 0 Å². The second-order valence-corrected chi connectivity index (χ2v) is 5.08. The van der Waals surface area contributed by atoms with Gasteiger partial charge in [-0.25, -0.2) is 0 Å². The standard InChI is InChI=1S/C13H20ClN3O/c1-17-6-5-16-8-11(17)13(15)9-3-4-12(18-2)10(14)7-9/h3-4,7,11,13,16H,5-6,8,15H2,1-2H3. The fourth-order valence-electron chi connectivity index (χ4n) is 2.34. The number of halogens is 1. The number of nitrogens with two attached hydrogens (primary N) is 1. The number of likely N-dealkylation sites (N-methyl/N-ethyl adjacent to an activating group) is 1. The molecule has 100 valence electrons. The Kier molecular flexibility index (Phi) is 4.45. The maximum atomic E-state index is 6.34. The maximum absolute atomic E-state index is 6.34. The van der Waals surface area contributed by atoms with Crippen LogP contribution < -0.4 is 15.8 Å². The van der Waals surface area contributed by atoms with Crippen molar-refractivity contribution in [2.24, 2.45) is 5.73 Å². The van der Waals surface area contributed by atoms with Crippen molar-refractivity contribution < 1.29 is 4.74 Å². The largest absolute Gasteiger partial charge is 0.495 e. The van der Waals surface area contributed by atoms with Gasteiger partial charge in [-0.05, 0) is 24.7 Å². The number of rotatable bonds is 3. The lowest BCUT2D eigenvalue weighted by Gasteiger charge is -2.37. The van der Waals surface area contributed by atoms with E-state index in [1.165, 1.54) is 0 Å². The van der Waals surface area contributed by atoms with E-state index >= 15 is 0 Å². The van der Waals surface area contributed by atoms with Crippen molar-refractivity contribution in [1.82, 2.24) is 10.2 Å². The summed E-state index contributed by atoms with van der Waals surface area (Å²) in [5.74, 6) is 0.683. The van der Waals surface area contributed by atoms with Gasteiger partial charge in [-0.1, -0.05) is 17.7 Å². The van der Waals surface area contributed by atoms with Crippen molar-refractivity contribution in [2.45, 2.75) is 12.1 Å². The summed E-state index contributed by atoms with van der Waals surface area (Å²) in [4.78, 5) is 2.29. The molecule has 18 heavy (non-hydrogen) atoms. The molecular formula is C13H20ClN3O. The van der Waals surface area contributed by atoms with Gasteiger partial charge in [-0.3, -0.25) is 4.90 Å². The molecule has 1 fully saturated rings.